The number of benzene rings is 1. The summed E-state index contributed by atoms with van der Waals surface area (Å²) in [6.07, 6.45) is -0.420. The summed E-state index contributed by atoms with van der Waals surface area (Å²) in [4.78, 5) is 13.4. The van der Waals surface area contributed by atoms with Crippen LogP contribution in [0.15, 0.2) is 29.4 Å². The first-order chi connectivity index (χ1) is 11.2. The fraction of sp³-hybridized carbons (Fsp3) is 0.500. The highest BCUT2D eigenvalue weighted by molar-refractivity contribution is 6.03. The van der Waals surface area contributed by atoms with Crippen LogP contribution in [0.25, 0.3) is 0 Å². The van der Waals surface area contributed by atoms with Gasteiger partial charge < -0.3 is 19.6 Å². The van der Waals surface area contributed by atoms with Gasteiger partial charge in [-0.2, -0.15) is 8.78 Å². The molecular formula is C16H20F2N2O4. The highest BCUT2D eigenvalue weighted by Gasteiger charge is 2.37. The fourth-order valence-corrected chi connectivity index (χ4v) is 2.31. The van der Waals surface area contributed by atoms with Gasteiger partial charge in [-0.15, -0.1) is 0 Å². The number of alkyl halides is 2. The van der Waals surface area contributed by atoms with Crippen molar-refractivity contribution in [1.29, 1.82) is 0 Å². The Labute approximate surface area is 138 Å². The van der Waals surface area contributed by atoms with Crippen molar-refractivity contribution in [1.82, 2.24) is 4.90 Å². The van der Waals surface area contributed by atoms with E-state index >= 15 is 0 Å². The summed E-state index contributed by atoms with van der Waals surface area (Å²) in [6.45, 7) is 3.19. The second-order valence-electron chi connectivity index (χ2n) is 6.47. The molecule has 24 heavy (non-hydrogen) atoms. The predicted molar refractivity (Wildman–Crippen MR) is 82.7 cm³/mol. The number of hydrogen-bond acceptors (Lipinski definition) is 5. The number of amides is 1. The Morgan fingerprint density at radius 2 is 1.88 bits per heavy atom. The van der Waals surface area contributed by atoms with Crippen LogP contribution in [0.2, 0.25) is 0 Å². The van der Waals surface area contributed by atoms with E-state index in [0.717, 1.165) is 0 Å². The van der Waals surface area contributed by atoms with Crippen LogP contribution >= 0.6 is 0 Å². The Hall–Kier alpha value is -2.38. The molecule has 0 aromatic heterocycles. The van der Waals surface area contributed by atoms with Crippen molar-refractivity contribution in [3.05, 3.63) is 29.8 Å². The summed E-state index contributed by atoms with van der Waals surface area (Å²) in [7, 11) is 0. The number of nitrogens with zero attached hydrogens (tertiary/aromatic N) is 2. The number of hydrogen-bond donors (Lipinski definition) is 1. The third-order valence-electron chi connectivity index (χ3n) is 3.40. The lowest BCUT2D eigenvalue weighted by atomic mass is 9.90. The zero-order valence-corrected chi connectivity index (χ0v) is 13.7. The molecule has 1 aromatic rings. The average molecular weight is 342 g/mol. The van der Waals surface area contributed by atoms with Crippen molar-refractivity contribution in [3.63, 3.8) is 0 Å². The molecule has 0 radical (unpaired) electrons. The summed E-state index contributed by atoms with van der Waals surface area (Å²) in [6, 6.07) is 5.81. The van der Waals surface area contributed by atoms with Crippen molar-refractivity contribution in [2.24, 2.45) is 11.1 Å². The summed E-state index contributed by atoms with van der Waals surface area (Å²) in [5, 5.41) is 12.5. The SMILES string of the molecule is CC(C)(C)OC(=O)N1CC(/C(=N\O)c2ccc(OC(F)F)cc2)C1. The minimum Gasteiger partial charge on any atom is -0.444 e. The lowest BCUT2D eigenvalue weighted by molar-refractivity contribution is -0.0498. The van der Waals surface area contributed by atoms with Crippen molar-refractivity contribution >= 4 is 11.8 Å². The predicted octanol–water partition coefficient (Wildman–Crippen LogP) is 3.33. The molecule has 0 bridgehead atoms. The second-order valence-corrected chi connectivity index (χ2v) is 6.47. The molecule has 132 valence electrons. The third kappa shape index (κ3) is 4.56. The second kappa shape index (κ2) is 7.02. The van der Waals surface area contributed by atoms with Crippen LogP contribution in [-0.2, 0) is 4.74 Å². The van der Waals surface area contributed by atoms with Gasteiger partial charge in [-0.25, -0.2) is 4.79 Å². The quantitative estimate of drug-likeness (QED) is 0.517. The molecule has 1 aromatic carbocycles. The third-order valence-corrected chi connectivity index (χ3v) is 3.40. The van der Waals surface area contributed by atoms with E-state index in [1.54, 1.807) is 20.8 Å². The molecule has 0 unspecified atom stereocenters. The van der Waals surface area contributed by atoms with Crippen molar-refractivity contribution in [2.75, 3.05) is 13.1 Å². The molecule has 1 fully saturated rings. The molecule has 1 amide bonds. The summed E-state index contributed by atoms with van der Waals surface area (Å²) in [5.74, 6) is -0.126. The summed E-state index contributed by atoms with van der Waals surface area (Å²) < 4.78 is 33.8. The van der Waals surface area contributed by atoms with Crippen LogP contribution in [0.5, 0.6) is 5.75 Å². The van der Waals surface area contributed by atoms with Gasteiger partial charge in [0, 0.05) is 19.0 Å². The highest BCUT2D eigenvalue weighted by Crippen LogP contribution is 2.25. The Balaban J connectivity index is 1.96. The van der Waals surface area contributed by atoms with Crippen LogP contribution < -0.4 is 4.74 Å². The Bertz CT molecular complexity index is 605. The minimum atomic E-state index is -2.89. The van der Waals surface area contributed by atoms with E-state index in [4.69, 9.17) is 4.74 Å². The Kier molecular flexibility index (Phi) is 5.26. The van der Waals surface area contributed by atoms with Gasteiger partial charge >= 0.3 is 12.7 Å². The van der Waals surface area contributed by atoms with Gasteiger partial charge in [0.1, 0.15) is 11.4 Å². The summed E-state index contributed by atoms with van der Waals surface area (Å²) >= 11 is 0. The topological polar surface area (TPSA) is 71.4 Å². The fourth-order valence-electron chi connectivity index (χ4n) is 2.31. The lowest BCUT2D eigenvalue weighted by Crippen LogP contribution is -2.54. The zero-order chi connectivity index (χ0) is 17.9. The molecule has 6 nitrogen and oxygen atoms in total. The molecule has 0 aliphatic carbocycles. The number of carbonyl (C=O) groups is 1. The van der Waals surface area contributed by atoms with Crippen LogP contribution in [-0.4, -0.2) is 47.2 Å². The van der Waals surface area contributed by atoms with Gasteiger partial charge in [-0.1, -0.05) is 5.16 Å². The molecule has 8 heteroatoms. The molecule has 0 spiro atoms. The number of halogens is 2. The van der Waals surface area contributed by atoms with Crippen molar-refractivity contribution in [3.8, 4) is 5.75 Å². The normalized spacial score (nSPS) is 16.1. The van der Waals surface area contributed by atoms with Crippen LogP contribution in [0.3, 0.4) is 0 Å². The maximum absolute atomic E-state index is 12.1. The summed E-state index contributed by atoms with van der Waals surface area (Å²) in [5.41, 5.74) is 0.391. The highest BCUT2D eigenvalue weighted by atomic mass is 19.3. The maximum Gasteiger partial charge on any atom is 0.410 e. The standard InChI is InChI=1S/C16H20F2N2O4/c1-16(2,3)24-15(21)20-8-11(9-20)13(19-22)10-4-6-12(7-5-10)23-14(17)18/h4-7,11,14,22H,8-9H2,1-3H3/b19-13-. The van der Waals surface area contributed by atoms with Gasteiger partial charge in [-0.05, 0) is 50.6 Å². The number of likely N-dealkylation sites (tertiary alicyclic amines) is 1. The van der Waals surface area contributed by atoms with E-state index in [2.05, 4.69) is 9.89 Å². The van der Waals surface area contributed by atoms with Gasteiger partial charge in [0.2, 0.25) is 0 Å². The molecular weight excluding hydrogens is 322 g/mol. The van der Waals surface area contributed by atoms with E-state index in [9.17, 15) is 18.8 Å². The largest absolute Gasteiger partial charge is 0.444 e. The first kappa shape index (κ1) is 18.0. The Morgan fingerprint density at radius 1 is 1.29 bits per heavy atom. The molecule has 1 aliphatic rings. The Morgan fingerprint density at radius 3 is 2.33 bits per heavy atom. The monoisotopic (exact) mass is 342 g/mol. The molecule has 1 heterocycles. The van der Waals surface area contributed by atoms with Crippen molar-refractivity contribution in [2.45, 2.75) is 33.0 Å². The lowest BCUT2D eigenvalue weighted by Gasteiger charge is -2.39. The molecule has 1 N–H and O–H groups in total. The first-order valence-corrected chi connectivity index (χ1v) is 7.44. The molecule has 0 saturated carbocycles. The van der Waals surface area contributed by atoms with E-state index in [1.165, 1.54) is 29.2 Å². The zero-order valence-electron chi connectivity index (χ0n) is 13.7. The smallest absolute Gasteiger partial charge is 0.410 e. The van der Waals surface area contributed by atoms with E-state index in [0.29, 0.717) is 24.4 Å². The van der Waals surface area contributed by atoms with Crippen LogP contribution in [0.4, 0.5) is 13.6 Å². The molecule has 0 atom stereocenters. The van der Waals surface area contributed by atoms with E-state index in [-0.39, 0.29) is 11.7 Å². The van der Waals surface area contributed by atoms with Gasteiger partial charge in [-0.3, -0.25) is 0 Å². The van der Waals surface area contributed by atoms with Gasteiger partial charge in [0.15, 0.2) is 0 Å². The number of carbonyl (C=O) groups excluding carboxylic acids is 1. The van der Waals surface area contributed by atoms with Crippen LogP contribution in [0.1, 0.15) is 26.3 Å². The first-order valence-electron chi connectivity index (χ1n) is 7.44. The molecule has 1 aliphatic heterocycles. The van der Waals surface area contributed by atoms with E-state index in [1.807, 2.05) is 0 Å². The van der Waals surface area contributed by atoms with Crippen LogP contribution in [0, 0.1) is 5.92 Å². The average Bonchev–Trinajstić information content (AvgIpc) is 2.40. The van der Waals surface area contributed by atoms with Crippen molar-refractivity contribution < 1.29 is 28.3 Å². The number of ether oxygens (including phenoxy) is 2. The number of rotatable bonds is 4. The maximum atomic E-state index is 12.1. The number of oxime groups is 1. The van der Waals surface area contributed by atoms with E-state index < -0.39 is 18.3 Å². The molecule has 2 rings (SSSR count). The van der Waals surface area contributed by atoms with Gasteiger partial charge in [0.05, 0.1) is 5.71 Å². The van der Waals surface area contributed by atoms with Gasteiger partial charge in [0.25, 0.3) is 0 Å². The minimum absolute atomic E-state index is 0.0232. The molecule has 1 saturated heterocycles.